The second-order valence-electron chi connectivity index (χ2n) is 9.10. The van der Waals surface area contributed by atoms with E-state index in [0.717, 1.165) is 28.0 Å². The van der Waals surface area contributed by atoms with E-state index in [9.17, 15) is 4.79 Å². The molecule has 4 nitrogen and oxygen atoms in total. The Balaban J connectivity index is 1.38. The lowest BCUT2D eigenvalue weighted by molar-refractivity contribution is -0.00447. The van der Waals surface area contributed by atoms with Crippen LogP contribution in [0.1, 0.15) is 39.5 Å². The van der Waals surface area contributed by atoms with Gasteiger partial charge in [-0.25, -0.2) is 5.01 Å². The van der Waals surface area contributed by atoms with Crippen molar-refractivity contribution >= 4 is 34.7 Å². The SMILES string of the molecule is Cc1ccc(C2=NN3[C@@H](C(=O)c4ccc(-c5ccccc5)cc4)Oc4c(Cl)cc(Cl)cc4[C@@H]3C2)cc1. The Morgan fingerprint density at radius 2 is 1.56 bits per heavy atom. The Hall–Kier alpha value is -3.60. The van der Waals surface area contributed by atoms with Crippen molar-refractivity contribution in [2.75, 3.05) is 0 Å². The molecule has 4 aromatic carbocycles. The molecule has 2 aliphatic heterocycles. The minimum absolute atomic E-state index is 0.176. The summed E-state index contributed by atoms with van der Waals surface area (Å²) in [7, 11) is 0. The van der Waals surface area contributed by atoms with Crippen LogP contribution < -0.4 is 4.74 Å². The average molecular weight is 513 g/mol. The highest BCUT2D eigenvalue weighted by Crippen LogP contribution is 2.47. The van der Waals surface area contributed by atoms with E-state index >= 15 is 0 Å². The molecule has 0 saturated carbocycles. The Bertz CT molecular complexity index is 1480. The predicted molar refractivity (Wildman–Crippen MR) is 144 cm³/mol. The summed E-state index contributed by atoms with van der Waals surface area (Å²) in [5.74, 6) is 0.312. The second kappa shape index (κ2) is 9.12. The van der Waals surface area contributed by atoms with E-state index in [1.165, 1.54) is 5.56 Å². The summed E-state index contributed by atoms with van der Waals surface area (Å²) >= 11 is 12.9. The van der Waals surface area contributed by atoms with Crippen molar-refractivity contribution in [1.82, 2.24) is 5.01 Å². The van der Waals surface area contributed by atoms with Crippen LogP contribution >= 0.6 is 23.2 Å². The molecule has 0 bridgehead atoms. The summed E-state index contributed by atoms with van der Waals surface area (Å²) in [6.07, 6.45) is -0.320. The molecule has 0 fully saturated rings. The number of aryl methyl sites for hydroxylation is 1. The van der Waals surface area contributed by atoms with Crippen molar-refractivity contribution in [2.24, 2.45) is 5.10 Å². The van der Waals surface area contributed by atoms with Gasteiger partial charge in [-0.1, -0.05) is 108 Å². The van der Waals surface area contributed by atoms with Gasteiger partial charge in [-0.2, -0.15) is 5.10 Å². The molecular formula is C30H22Cl2N2O2. The van der Waals surface area contributed by atoms with Crippen LogP contribution in [0.25, 0.3) is 11.1 Å². The quantitative estimate of drug-likeness (QED) is 0.263. The van der Waals surface area contributed by atoms with E-state index < -0.39 is 6.23 Å². The number of nitrogens with zero attached hydrogens (tertiary/aromatic N) is 2. The summed E-state index contributed by atoms with van der Waals surface area (Å²) in [5, 5.41) is 7.55. The minimum atomic E-state index is -0.938. The van der Waals surface area contributed by atoms with Crippen molar-refractivity contribution in [3.8, 4) is 16.9 Å². The standard InChI is InChI=1S/C30H22Cl2N2O2/c1-18-7-9-21(10-8-18)26-17-27-24-15-23(31)16-25(32)29(24)36-30(34(27)33-26)28(35)22-13-11-20(12-14-22)19-5-3-2-4-6-19/h2-16,27,30H,17H2,1H3/t27-,30+/m0/s1. The van der Waals surface area contributed by atoms with E-state index in [-0.39, 0.29) is 11.8 Å². The number of benzene rings is 4. The van der Waals surface area contributed by atoms with Gasteiger partial charge in [0.1, 0.15) is 5.75 Å². The molecule has 6 rings (SSSR count). The lowest BCUT2D eigenvalue weighted by Crippen LogP contribution is -2.46. The first-order valence-corrected chi connectivity index (χ1v) is 12.5. The number of hydrogen-bond donors (Lipinski definition) is 0. The third-order valence-corrected chi connectivity index (χ3v) is 7.19. The zero-order chi connectivity index (χ0) is 24.8. The normalized spacial score (nSPS) is 18.2. The number of ketones is 1. The van der Waals surface area contributed by atoms with Gasteiger partial charge in [0, 0.05) is 22.6 Å². The Morgan fingerprint density at radius 1 is 0.889 bits per heavy atom. The van der Waals surface area contributed by atoms with Crippen molar-refractivity contribution in [1.29, 1.82) is 0 Å². The molecular weight excluding hydrogens is 491 g/mol. The van der Waals surface area contributed by atoms with Gasteiger partial charge in [-0.15, -0.1) is 0 Å². The number of ether oxygens (including phenoxy) is 1. The van der Waals surface area contributed by atoms with Crippen LogP contribution in [0.2, 0.25) is 10.0 Å². The molecule has 0 saturated heterocycles. The fraction of sp³-hybridized carbons (Fsp3) is 0.133. The van der Waals surface area contributed by atoms with Gasteiger partial charge in [0.25, 0.3) is 6.23 Å². The molecule has 0 amide bonds. The van der Waals surface area contributed by atoms with E-state index in [2.05, 4.69) is 31.2 Å². The summed E-state index contributed by atoms with van der Waals surface area (Å²) in [5.41, 5.74) is 6.60. The first kappa shape index (κ1) is 22.8. The number of Topliss-reactive ketones (excluding diaryl/α,β-unsaturated/α-hetero) is 1. The molecule has 6 heteroatoms. The third-order valence-electron chi connectivity index (χ3n) is 6.69. The highest BCUT2D eigenvalue weighted by atomic mass is 35.5. The van der Waals surface area contributed by atoms with Crippen molar-refractivity contribution < 1.29 is 9.53 Å². The number of hydrogen-bond acceptors (Lipinski definition) is 4. The van der Waals surface area contributed by atoms with Crippen LogP contribution in [0, 0.1) is 6.92 Å². The number of halogens is 2. The molecule has 2 aliphatic rings. The molecule has 36 heavy (non-hydrogen) atoms. The average Bonchev–Trinajstić information content (AvgIpc) is 3.35. The fourth-order valence-electron chi connectivity index (χ4n) is 4.81. The minimum Gasteiger partial charge on any atom is -0.459 e. The van der Waals surface area contributed by atoms with Gasteiger partial charge in [-0.3, -0.25) is 4.79 Å². The summed E-state index contributed by atoms with van der Waals surface area (Å²) < 4.78 is 6.24. The number of carbonyl (C=O) groups excluding carboxylic acids is 1. The molecule has 0 unspecified atom stereocenters. The zero-order valence-corrected chi connectivity index (χ0v) is 21.0. The summed E-state index contributed by atoms with van der Waals surface area (Å²) in [4.78, 5) is 13.8. The smallest absolute Gasteiger partial charge is 0.251 e. The van der Waals surface area contributed by atoms with Crippen molar-refractivity contribution in [3.05, 3.63) is 123 Å². The van der Waals surface area contributed by atoms with E-state index in [1.807, 2.05) is 60.7 Å². The maximum absolute atomic E-state index is 13.8. The lowest BCUT2D eigenvalue weighted by Gasteiger charge is -2.37. The molecule has 2 atom stereocenters. The Labute approximate surface area is 219 Å². The second-order valence-corrected chi connectivity index (χ2v) is 9.94. The van der Waals surface area contributed by atoms with Gasteiger partial charge >= 0.3 is 0 Å². The maximum Gasteiger partial charge on any atom is 0.251 e. The van der Waals surface area contributed by atoms with Crippen LogP contribution in [0.4, 0.5) is 0 Å². The maximum atomic E-state index is 13.8. The largest absolute Gasteiger partial charge is 0.459 e. The Morgan fingerprint density at radius 3 is 2.28 bits per heavy atom. The predicted octanol–water partition coefficient (Wildman–Crippen LogP) is 7.72. The topological polar surface area (TPSA) is 41.9 Å². The summed E-state index contributed by atoms with van der Waals surface area (Å²) in [6.45, 7) is 2.05. The first-order chi connectivity index (χ1) is 17.5. The van der Waals surface area contributed by atoms with Crippen LogP contribution in [0.5, 0.6) is 5.75 Å². The van der Waals surface area contributed by atoms with Crippen LogP contribution in [0.15, 0.2) is 96.1 Å². The molecule has 4 aromatic rings. The van der Waals surface area contributed by atoms with Crippen molar-refractivity contribution in [2.45, 2.75) is 25.6 Å². The number of fused-ring (bicyclic) bond motifs is 3. The highest BCUT2D eigenvalue weighted by Gasteiger charge is 2.44. The molecule has 0 aliphatic carbocycles. The van der Waals surface area contributed by atoms with E-state index in [0.29, 0.717) is 27.8 Å². The van der Waals surface area contributed by atoms with Gasteiger partial charge < -0.3 is 4.74 Å². The molecule has 0 N–H and O–H groups in total. The van der Waals surface area contributed by atoms with E-state index in [4.69, 9.17) is 33.0 Å². The third kappa shape index (κ3) is 4.06. The number of hydrazone groups is 1. The molecule has 0 radical (unpaired) electrons. The van der Waals surface area contributed by atoms with Crippen LogP contribution in [-0.2, 0) is 0 Å². The van der Waals surface area contributed by atoms with Gasteiger partial charge in [0.15, 0.2) is 0 Å². The molecule has 0 aromatic heterocycles. The van der Waals surface area contributed by atoms with Crippen LogP contribution in [-0.4, -0.2) is 22.7 Å². The first-order valence-electron chi connectivity index (χ1n) is 11.8. The lowest BCUT2D eigenvalue weighted by atomic mass is 9.95. The highest BCUT2D eigenvalue weighted by molar-refractivity contribution is 6.35. The zero-order valence-electron chi connectivity index (χ0n) is 19.5. The van der Waals surface area contributed by atoms with E-state index in [1.54, 1.807) is 11.1 Å². The van der Waals surface area contributed by atoms with Gasteiger partial charge in [-0.05, 0) is 35.7 Å². The number of rotatable bonds is 4. The molecule has 0 spiro atoms. The monoisotopic (exact) mass is 512 g/mol. The van der Waals surface area contributed by atoms with Gasteiger partial charge in [0.05, 0.1) is 16.8 Å². The fourth-order valence-corrected chi connectivity index (χ4v) is 5.36. The Kier molecular flexibility index (Phi) is 5.79. The number of carbonyl (C=O) groups is 1. The summed E-state index contributed by atoms with van der Waals surface area (Å²) in [6, 6.07) is 29.1. The van der Waals surface area contributed by atoms with Crippen LogP contribution in [0.3, 0.4) is 0 Å². The van der Waals surface area contributed by atoms with Crippen molar-refractivity contribution in [3.63, 3.8) is 0 Å². The molecule has 2 heterocycles. The molecule has 178 valence electrons. The van der Waals surface area contributed by atoms with Gasteiger partial charge in [0.2, 0.25) is 5.78 Å².